The van der Waals surface area contributed by atoms with E-state index in [0.29, 0.717) is 12.5 Å². The van der Waals surface area contributed by atoms with Gasteiger partial charge in [0.2, 0.25) is 10.0 Å². The maximum Gasteiger partial charge on any atom is 0.208 e. The molecule has 1 aromatic carbocycles. The van der Waals surface area contributed by atoms with E-state index in [1.165, 1.54) is 11.8 Å². The number of nitrogens with one attached hydrogen (secondary N) is 1. The molecule has 24 heavy (non-hydrogen) atoms. The van der Waals surface area contributed by atoms with Crippen molar-refractivity contribution in [3.63, 3.8) is 0 Å². The number of hydrogen-bond donors (Lipinski definition) is 1. The van der Waals surface area contributed by atoms with Gasteiger partial charge in [-0.05, 0) is 24.8 Å². The number of methoxy groups -OCH3 is 1. The normalized spacial score (nSPS) is 23.3. The second kappa shape index (κ2) is 7.00. The van der Waals surface area contributed by atoms with E-state index in [1.807, 2.05) is 18.2 Å². The van der Waals surface area contributed by atoms with Crippen molar-refractivity contribution in [3.05, 3.63) is 29.8 Å². The number of benzene rings is 1. The third-order valence-corrected chi connectivity index (χ3v) is 5.75. The predicted octanol–water partition coefficient (Wildman–Crippen LogP) is 1.23. The Hall–Kier alpha value is -1.15. The zero-order valence-corrected chi connectivity index (χ0v) is 15.1. The van der Waals surface area contributed by atoms with Gasteiger partial charge in [-0.1, -0.05) is 18.2 Å². The highest BCUT2D eigenvalue weighted by molar-refractivity contribution is 7.88. The summed E-state index contributed by atoms with van der Waals surface area (Å²) in [5.41, 5.74) is 1.09. The summed E-state index contributed by atoms with van der Waals surface area (Å²) in [6.45, 7) is 3.90. The van der Waals surface area contributed by atoms with Crippen molar-refractivity contribution in [1.29, 1.82) is 0 Å². The fourth-order valence-electron chi connectivity index (χ4n) is 3.86. The maximum absolute atomic E-state index is 11.2. The summed E-state index contributed by atoms with van der Waals surface area (Å²) in [7, 11) is -1.42. The highest BCUT2D eigenvalue weighted by Gasteiger charge is 2.52. The van der Waals surface area contributed by atoms with Crippen molar-refractivity contribution in [2.24, 2.45) is 5.92 Å². The topological polar surface area (TPSA) is 67.9 Å². The molecule has 0 bridgehead atoms. The standard InChI is InChI=1S/C17H26N2O4S/c1-22-16-6-4-3-5-14(16)11-19-12-17(13-19)15(8-10-23-17)7-9-18-24(2,20)21/h3-6,15,18H,7-13H2,1-2H3/t15-/m1/s1. The van der Waals surface area contributed by atoms with E-state index in [0.717, 1.165) is 44.8 Å². The van der Waals surface area contributed by atoms with Crippen molar-refractivity contribution in [3.8, 4) is 5.75 Å². The lowest BCUT2D eigenvalue weighted by molar-refractivity contribution is -0.136. The second-order valence-corrected chi connectivity index (χ2v) is 8.64. The highest BCUT2D eigenvalue weighted by atomic mass is 32.2. The molecule has 0 amide bonds. The van der Waals surface area contributed by atoms with Gasteiger partial charge in [0.1, 0.15) is 5.75 Å². The Morgan fingerprint density at radius 3 is 2.83 bits per heavy atom. The molecule has 1 N–H and O–H groups in total. The predicted molar refractivity (Wildman–Crippen MR) is 92.5 cm³/mol. The van der Waals surface area contributed by atoms with E-state index in [4.69, 9.17) is 9.47 Å². The van der Waals surface area contributed by atoms with Crippen molar-refractivity contribution in [1.82, 2.24) is 9.62 Å². The Bertz CT molecular complexity index is 671. The van der Waals surface area contributed by atoms with Crippen LogP contribution < -0.4 is 9.46 Å². The molecule has 0 unspecified atom stereocenters. The molecule has 134 valence electrons. The van der Waals surface area contributed by atoms with Gasteiger partial charge in [0, 0.05) is 38.3 Å². The number of hydrogen-bond acceptors (Lipinski definition) is 5. The molecular weight excluding hydrogens is 328 g/mol. The number of sulfonamides is 1. The molecular formula is C17H26N2O4S. The quantitative estimate of drug-likeness (QED) is 0.798. The average molecular weight is 354 g/mol. The SMILES string of the molecule is COc1ccccc1CN1CC2(C1)OCC[C@H]2CCNS(C)(=O)=O. The van der Waals surface area contributed by atoms with Gasteiger partial charge < -0.3 is 9.47 Å². The third-order valence-electron chi connectivity index (χ3n) is 5.03. The summed E-state index contributed by atoms with van der Waals surface area (Å²) in [5.74, 6) is 1.33. The summed E-state index contributed by atoms with van der Waals surface area (Å²) in [4.78, 5) is 2.36. The van der Waals surface area contributed by atoms with Crippen LogP contribution in [-0.4, -0.2) is 58.5 Å². The lowest BCUT2D eigenvalue weighted by atomic mass is 9.79. The Morgan fingerprint density at radius 1 is 1.38 bits per heavy atom. The molecule has 1 spiro atoms. The lowest BCUT2D eigenvalue weighted by Gasteiger charge is -2.50. The molecule has 1 aromatic rings. The molecule has 2 aliphatic rings. The van der Waals surface area contributed by atoms with E-state index in [-0.39, 0.29) is 5.60 Å². The van der Waals surface area contributed by atoms with Gasteiger partial charge in [0.25, 0.3) is 0 Å². The number of likely N-dealkylation sites (tertiary alicyclic amines) is 1. The molecule has 2 fully saturated rings. The Balaban J connectivity index is 1.53. The summed E-state index contributed by atoms with van der Waals surface area (Å²) in [6, 6.07) is 8.08. The fourth-order valence-corrected chi connectivity index (χ4v) is 4.35. The number of nitrogens with zero attached hydrogens (tertiary/aromatic N) is 1. The first kappa shape index (κ1) is 17.7. The third kappa shape index (κ3) is 3.91. The van der Waals surface area contributed by atoms with Gasteiger partial charge in [-0.2, -0.15) is 0 Å². The van der Waals surface area contributed by atoms with Gasteiger partial charge in [0.05, 0.1) is 19.0 Å². The van der Waals surface area contributed by atoms with Crippen molar-refractivity contribution in [2.45, 2.75) is 25.0 Å². The monoisotopic (exact) mass is 354 g/mol. The van der Waals surface area contributed by atoms with Gasteiger partial charge >= 0.3 is 0 Å². The van der Waals surface area contributed by atoms with Gasteiger partial charge in [0.15, 0.2) is 0 Å². The van der Waals surface area contributed by atoms with Crippen LogP contribution in [0.25, 0.3) is 0 Å². The second-order valence-electron chi connectivity index (χ2n) is 6.81. The fraction of sp³-hybridized carbons (Fsp3) is 0.647. The average Bonchev–Trinajstić information content (AvgIpc) is 2.90. The van der Waals surface area contributed by atoms with Gasteiger partial charge in [-0.25, -0.2) is 13.1 Å². The van der Waals surface area contributed by atoms with Crippen LogP contribution in [0.3, 0.4) is 0 Å². The minimum atomic E-state index is -3.12. The van der Waals surface area contributed by atoms with Crippen LogP contribution in [0.1, 0.15) is 18.4 Å². The zero-order valence-electron chi connectivity index (χ0n) is 14.3. The lowest BCUT2D eigenvalue weighted by Crippen LogP contribution is -2.64. The summed E-state index contributed by atoms with van der Waals surface area (Å²) < 4.78 is 36.5. The van der Waals surface area contributed by atoms with Crippen molar-refractivity contribution in [2.75, 3.05) is 39.6 Å². The first-order valence-electron chi connectivity index (χ1n) is 8.35. The number of ether oxygens (including phenoxy) is 2. The van der Waals surface area contributed by atoms with Crippen LogP contribution in [0.5, 0.6) is 5.75 Å². The minimum absolute atomic E-state index is 0.0960. The molecule has 0 radical (unpaired) electrons. The Morgan fingerprint density at radius 2 is 2.12 bits per heavy atom. The molecule has 0 saturated carbocycles. The zero-order chi connectivity index (χ0) is 17.2. The van der Waals surface area contributed by atoms with Crippen LogP contribution >= 0.6 is 0 Å². The summed E-state index contributed by atoms with van der Waals surface area (Å²) in [5, 5.41) is 0. The first-order valence-corrected chi connectivity index (χ1v) is 10.2. The molecule has 2 heterocycles. The van der Waals surface area contributed by atoms with Crippen LogP contribution in [0.4, 0.5) is 0 Å². The smallest absolute Gasteiger partial charge is 0.208 e. The molecule has 2 saturated heterocycles. The number of para-hydroxylation sites is 1. The van der Waals surface area contributed by atoms with E-state index in [2.05, 4.69) is 15.7 Å². The largest absolute Gasteiger partial charge is 0.496 e. The molecule has 2 aliphatic heterocycles. The summed E-state index contributed by atoms with van der Waals surface area (Å²) >= 11 is 0. The minimum Gasteiger partial charge on any atom is -0.496 e. The van der Waals surface area contributed by atoms with E-state index in [9.17, 15) is 8.42 Å². The molecule has 3 rings (SSSR count). The molecule has 7 heteroatoms. The first-order chi connectivity index (χ1) is 11.4. The van der Waals surface area contributed by atoms with Crippen LogP contribution in [-0.2, 0) is 21.3 Å². The van der Waals surface area contributed by atoms with Crippen LogP contribution in [0.2, 0.25) is 0 Å². The maximum atomic E-state index is 11.2. The van der Waals surface area contributed by atoms with E-state index in [1.54, 1.807) is 7.11 Å². The molecule has 0 aliphatic carbocycles. The van der Waals surface area contributed by atoms with E-state index < -0.39 is 10.0 Å². The van der Waals surface area contributed by atoms with Crippen LogP contribution in [0.15, 0.2) is 24.3 Å². The molecule has 0 aromatic heterocycles. The van der Waals surface area contributed by atoms with Crippen LogP contribution in [0, 0.1) is 5.92 Å². The Kier molecular flexibility index (Phi) is 5.15. The number of rotatable bonds is 7. The molecule has 6 nitrogen and oxygen atoms in total. The van der Waals surface area contributed by atoms with E-state index >= 15 is 0 Å². The Labute approximate surface area is 144 Å². The van der Waals surface area contributed by atoms with Crippen molar-refractivity contribution < 1.29 is 17.9 Å². The summed E-state index contributed by atoms with van der Waals surface area (Å²) in [6.07, 6.45) is 3.04. The van der Waals surface area contributed by atoms with Gasteiger partial charge in [-0.15, -0.1) is 0 Å². The molecule has 1 atom stereocenters. The van der Waals surface area contributed by atoms with Crippen molar-refractivity contribution >= 4 is 10.0 Å². The highest BCUT2D eigenvalue weighted by Crippen LogP contribution is 2.42. The van der Waals surface area contributed by atoms with Gasteiger partial charge in [-0.3, -0.25) is 4.90 Å².